The number of pyridine rings is 1. The molecule has 2 unspecified atom stereocenters. The van der Waals surface area contributed by atoms with Gasteiger partial charge in [0.2, 0.25) is 5.95 Å². The average Bonchev–Trinajstić information content (AvgIpc) is 3.14. The molecule has 2 saturated heterocycles. The molecule has 0 radical (unpaired) electrons. The van der Waals surface area contributed by atoms with Gasteiger partial charge >= 0.3 is 0 Å². The number of nitrogens with zero attached hydrogens (tertiary/aromatic N) is 5. The molecule has 2 atom stereocenters. The Morgan fingerprint density at radius 3 is 2.87 bits per heavy atom. The zero-order chi connectivity index (χ0) is 16.0. The highest BCUT2D eigenvalue weighted by molar-refractivity contribution is 7.81. The molecule has 7 nitrogen and oxygen atoms in total. The van der Waals surface area contributed by atoms with Crippen LogP contribution >= 0.6 is 0 Å². The Morgan fingerprint density at radius 1 is 1.26 bits per heavy atom. The van der Waals surface area contributed by atoms with Gasteiger partial charge in [-0.05, 0) is 18.9 Å². The molecule has 0 aromatic carbocycles. The zero-order valence-electron chi connectivity index (χ0n) is 13.1. The van der Waals surface area contributed by atoms with Gasteiger partial charge in [0.05, 0.1) is 11.0 Å². The maximum Gasteiger partial charge on any atom is 0.220 e. The first-order chi connectivity index (χ1) is 11.1. The number of hydrogen-bond acceptors (Lipinski definition) is 6. The van der Waals surface area contributed by atoms with E-state index >= 15 is 0 Å². The molecule has 0 saturated carbocycles. The van der Waals surface area contributed by atoms with Crippen LogP contribution in [0.3, 0.4) is 0 Å². The second-order valence-corrected chi connectivity index (χ2v) is 7.87. The maximum atomic E-state index is 11.7. The molecule has 0 bridgehead atoms. The van der Waals surface area contributed by atoms with Gasteiger partial charge in [0.15, 0.2) is 5.82 Å². The lowest BCUT2D eigenvalue weighted by Crippen LogP contribution is -2.31. The number of fused-ring (bicyclic) bond motifs is 1. The molecule has 2 aliphatic heterocycles. The first-order valence-electron chi connectivity index (χ1n) is 7.77. The molecule has 4 heterocycles. The molecule has 2 aromatic rings. The molecule has 1 spiro atoms. The molecular weight excluding hydrogens is 312 g/mol. The van der Waals surface area contributed by atoms with E-state index in [1.807, 2.05) is 6.07 Å². The summed E-state index contributed by atoms with van der Waals surface area (Å²) in [6.07, 6.45) is 7.48. The zero-order valence-corrected chi connectivity index (χ0v) is 13.9. The summed E-state index contributed by atoms with van der Waals surface area (Å²) >= 11 is 0. The summed E-state index contributed by atoms with van der Waals surface area (Å²) in [6, 6.07) is 1.90. The van der Waals surface area contributed by atoms with Crippen LogP contribution in [0.4, 0.5) is 11.8 Å². The van der Waals surface area contributed by atoms with E-state index in [4.69, 9.17) is 5.73 Å². The van der Waals surface area contributed by atoms with E-state index < -0.39 is 11.0 Å². The SMILES string of the molecule is CS(=O)N1CCC2(CCN(c3nccc4cnc(N)nc34)C2)C1. The van der Waals surface area contributed by atoms with Crippen molar-refractivity contribution in [2.45, 2.75) is 12.8 Å². The van der Waals surface area contributed by atoms with Crippen molar-refractivity contribution < 1.29 is 4.21 Å². The van der Waals surface area contributed by atoms with E-state index in [1.54, 1.807) is 18.6 Å². The number of hydrogen-bond donors (Lipinski definition) is 1. The van der Waals surface area contributed by atoms with Crippen LogP contribution in [0.5, 0.6) is 0 Å². The number of nitrogens with two attached hydrogens (primary N) is 1. The van der Waals surface area contributed by atoms with Crippen LogP contribution in [0.25, 0.3) is 10.9 Å². The molecule has 2 aromatic heterocycles. The predicted octanol–water partition coefficient (Wildman–Crippen LogP) is 0.803. The minimum atomic E-state index is -0.882. The Balaban J connectivity index is 1.64. The molecule has 0 aliphatic carbocycles. The van der Waals surface area contributed by atoms with Gasteiger partial charge in [-0.25, -0.2) is 23.5 Å². The molecule has 8 heteroatoms. The molecular formula is C15H20N6OS. The number of nitrogen functional groups attached to an aromatic ring is 1. The Kier molecular flexibility index (Phi) is 3.46. The van der Waals surface area contributed by atoms with E-state index in [0.29, 0.717) is 0 Å². The maximum absolute atomic E-state index is 11.7. The van der Waals surface area contributed by atoms with Crippen LogP contribution in [-0.4, -0.2) is 55.9 Å². The van der Waals surface area contributed by atoms with Crippen LogP contribution in [0.15, 0.2) is 18.5 Å². The molecule has 4 rings (SSSR count). The fraction of sp³-hybridized carbons (Fsp3) is 0.533. The topological polar surface area (TPSA) is 88.2 Å². The fourth-order valence-corrected chi connectivity index (χ4v) is 4.55. The summed E-state index contributed by atoms with van der Waals surface area (Å²) in [5, 5.41) is 0.952. The van der Waals surface area contributed by atoms with Gasteiger partial charge in [0, 0.05) is 55.6 Å². The molecule has 23 heavy (non-hydrogen) atoms. The van der Waals surface area contributed by atoms with Crippen molar-refractivity contribution in [1.29, 1.82) is 0 Å². The normalized spacial score (nSPS) is 26.4. The summed E-state index contributed by atoms with van der Waals surface area (Å²) in [5.74, 6) is 1.15. The molecule has 122 valence electrons. The van der Waals surface area contributed by atoms with Gasteiger partial charge in [-0.15, -0.1) is 0 Å². The number of aromatic nitrogens is 3. The predicted molar refractivity (Wildman–Crippen MR) is 91.3 cm³/mol. The molecule has 2 fully saturated rings. The minimum absolute atomic E-state index is 0.216. The van der Waals surface area contributed by atoms with Crippen molar-refractivity contribution in [2.75, 3.05) is 43.1 Å². The minimum Gasteiger partial charge on any atom is -0.368 e. The van der Waals surface area contributed by atoms with E-state index in [1.165, 1.54) is 0 Å². The molecule has 2 N–H and O–H groups in total. The summed E-state index contributed by atoms with van der Waals surface area (Å²) in [4.78, 5) is 15.3. The second-order valence-electron chi connectivity index (χ2n) is 6.51. The van der Waals surface area contributed by atoms with Gasteiger partial charge in [-0.3, -0.25) is 0 Å². The lowest BCUT2D eigenvalue weighted by Gasteiger charge is -2.24. The monoisotopic (exact) mass is 332 g/mol. The van der Waals surface area contributed by atoms with Crippen molar-refractivity contribution in [3.8, 4) is 0 Å². The van der Waals surface area contributed by atoms with Gasteiger partial charge in [-0.1, -0.05) is 0 Å². The standard InChI is InChI=1S/C15H20N6OS/c1-23(22)21-7-4-15(10-21)3-6-20(9-15)13-12-11(2-5-17-13)8-18-14(16)19-12/h2,5,8H,3-4,6-7,9-10H2,1H3,(H2,16,18,19). The average molecular weight is 332 g/mol. The summed E-state index contributed by atoms with van der Waals surface area (Å²) in [6.45, 7) is 3.68. The summed E-state index contributed by atoms with van der Waals surface area (Å²) in [7, 11) is -0.882. The Hall–Kier alpha value is -1.80. The molecule has 0 amide bonds. The van der Waals surface area contributed by atoms with E-state index in [-0.39, 0.29) is 11.4 Å². The largest absolute Gasteiger partial charge is 0.368 e. The van der Waals surface area contributed by atoms with Crippen LogP contribution in [-0.2, 0) is 11.0 Å². The van der Waals surface area contributed by atoms with Crippen molar-refractivity contribution in [2.24, 2.45) is 5.41 Å². The Bertz CT molecular complexity index is 784. The highest BCUT2D eigenvalue weighted by Crippen LogP contribution is 2.41. The van der Waals surface area contributed by atoms with Crippen LogP contribution in [0.1, 0.15) is 12.8 Å². The Labute approximate surface area is 137 Å². The quantitative estimate of drug-likeness (QED) is 0.875. The van der Waals surface area contributed by atoms with E-state index in [0.717, 1.165) is 55.7 Å². The highest BCUT2D eigenvalue weighted by Gasteiger charge is 2.45. The Morgan fingerprint density at radius 2 is 2.09 bits per heavy atom. The third-order valence-electron chi connectivity index (χ3n) is 5.00. The van der Waals surface area contributed by atoms with E-state index in [9.17, 15) is 4.21 Å². The third-order valence-corrected chi connectivity index (χ3v) is 6.04. The van der Waals surface area contributed by atoms with E-state index in [2.05, 4.69) is 24.2 Å². The van der Waals surface area contributed by atoms with Crippen molar-refractivity contribution in [3.05, 3.63) is 18.5 Å². The summed E-state index contributed by atoms with van der Waals surface area (Å²) in [5.41, 5.74) is 6.78. The number of rotatable bonds is 2. The first-order valence-corrected chi connectivity index (χ1v) is 9.29. The van der Waals surface area contributed by atoms with Gasteiger partial charge in [0.1, 0.15) is 5.52 Å². The van der Waals surface area contributed by atoms with Crippen molar-refractivity contribution in [1.82, 2.24) is 19.3 Å². The van der Waals surface area contributed by atoms with Gasteiger partial charge in [-0.2, -0.15) is 0 Å². The lowest BCUT2D eigenvalue weighted by atomic mass is 9.87. The van der Waals surface area contributed by atoms with Crippen molar-refractivity contribution >= 4 is 33.7 Å². The third kappa shape index (κ3) is 2.55. The van der Waals surface area contributed by atoms with Gasteiger partial charge in [0.25, 0.3) is 0 Å². The molecule has 2 aliphatic rings. The number of anilines is 2. The smallest absolute Gasteiger partial charge is 0.220 e. The van der Waals surface area contributed by atoms with Crippen LogP contribution < -0.4 is 10.6 Å². The van der Waals surface area contributed by atoms with Crippen LogP contribution in [0.2, 0.25) is 0 Å². The van der Waals surface area contributed by atoms with Crippen LogP contribution in [0, 0.1) is 5.41 Å². The highest BCUT2D eigenvalue weighted by atomic mass is 32.2. The van der Waals surface area contributed by atoms with Crippen molar-refractivity contribution in [3.63, 3.8) is 0 Å². The summed E-state index contributed by atoms with van der Waals surface area (Å²) < 4.78 is 13.8. The fourth-order valence-electron chi connectivity index (χ4n) is 3.75. The second kappa shape index (κ2) is 5.38. The lowest BCUT2D eigenvalue weighted by molar-refractivity contribution is 0.347. The first kappa shape index (κ1) is 14.8. The van der Waals surface area contributed by atoms with Gasteiger partial charge < -0.3 is 10.6 Å².